The lowest BCUT2D eigenvalue weighted by molar-refractivity contribution is 0.102. The summed E-state index contributed by atoms with van der Waals surface area (Å²) in [6.07, 6.45) is 0.816. The van der Waals surface area contributed by atoms with E-state index in [0.29, 0.717) is 44.2 Å². The average molecular weight is 382 g/mol. The van der Waals surface area contributed by atoms with Gasteiger partial charge in [0.1, 0.15) is 5.82 Å². The van der Waals surface area contributed by atoms with Crippen LogP contribution in [0.3, 0.4) is 0 Å². The zero-order valence-electron chi connectivity index (χ0n) is 14.2. The van der Waals surface area contributed by atoms with E-state index >= 15 is 0 Å². The summed E-state index contributed by atoms with van der Waals surface area (Å²) in [4.78, 5) is 14.6. The van der Waals surface area contributed by atoms with Crippen LogP contribution in [0.25, 0.3) is 0 Å². The first-order valence-electron chi connectivity index (χ1n) is 8.42. The number of carbonyl (C=O) groups excluding carboxylic acids is 1. The van der Waals surface area contributed by atoms with Crippen LogP contribution in [0.1, 0.15) is 21.7 Å². The van der Waals surface area contributed by atoms with Crippen LogP contribution in [0.2, 0.25) is 0 Å². The fourth-order valence-corrected chi connectivity index (χ4v) is 3.25. The van der Waals surface area contributed by atoms with Gasteiger partial charge in [-0.1, -0.05) is 0 Å². The number of anilines is 2. The predicted molar refractivity (Wildman–Crippen MR) is 98.6 cm³/mol. The van der Waals surface area contributed by atoms with Crippen molar-refractivity contribution < 1.29 is 13.9 Å². The first-order chi connectivity index (χ1) is 12.2. The lowest BCUT2D eigenvalue weighted by Gasteiger charge is -2.29. The number of carbonyl (C=O) groups is 1. The van der Waals surface area contributed by atoms with Gasteiger partial charge in [-0.2, -0.15) is 5.10 Å². The van der Waals surface area contributed by atoms with E-state index in [2.05, 4.69) is 20.8 Å². The molecule has 1 fully saturated rings. The second-order valence-electron chi connectivity index (χ2n) is 6.21. The van der Waals surface area contributed by atoms with Crippen molar-refractivity contribution in [2.24, 2.45) is 0 Å². The SMILES string of the molecule is Cl.O=C(Nc1cc(F)cc(N2CCOCC2)c1)c1n[nH]c2c1CNCC2. The molecule has 26 heavy (non-hydrogen) atoms. The summed E-state index contributed by atoms with van der Waals surface area (Å²) in [5.74, 6) is -0.718. The van der Waals surface area contributed by atoms with E-state index in [4.69, 9.17) is 4.74 Å². The third-order valence-electron chi connectivity index (χ3n) is 4.54. The van der Waals surface area contributed by atoms with E-state index in [0.717, 1.165) is 29.9 Å². The molecule has 140 valence electrons. The van der Waals surface area contributed by atoms with Crippen molar-refractivity contribution in [2.45, 2.75) is 13.0 Å². The molecule has 3 N–H and O–H groups in total. The second kappa shape index (κ2) is 8.03. The number of hydrogen-bond acceptors (Lipinski definition) is 5. The molecule has 2 aliphatic rings. The number of H-pyrrole nitrogens is 1. The molecule has 0 bridgehead atoms. The predicted octanol–water partition coefficient (Wildman–Crippen LogP) is 1.71. The van der Waals surface area contributed by atoms with E-state index < -0.39 is 0 Å². The molecule has 1 aromatic carbocycles. The number of aromatic nitrogens is 2. The molecule has 2 aromatic rings. The van der Waals surface area contributed by atoms with Gasteiger partial charge in [0.2, 0.25) is 0 Å². The van der Waals surface area contributed by atoms with Gasteiger partial charge in [-0.3, -0.25) is 9.89 Å². The van der Waals surface area contributed by atoms with Gasteiger partial charge in [0.25, 0.3) is 5.91 Å². The number of rotatable bonds is 3. The number of fused-ring (bicyclic) bond motifs is 1. The Labute approximate surface area is 156 Å². The van der Waals surface area contributed by atoms with E-state index in [1.807, 2.05) is 4.90 Å². The molecule has 0 saturated carbocycles. The Bertz CT molecular complexity index is 791. The fraction of sp³-hybridized carbons (Fsp3) is 0.412. The molecule has 9 heteroatoms. The molecule has 1 aromatic heterocycles. The van der Waals surface area contributed by atoms with Crippen molar-refractivity contribution in [2.75, 3.05) is 43.1 Å². The quantitative estimate of drug-likeness (QED) is 0.754. The summed E-state index contributed by atoms with van der Waals surface area (Å²) in [6.45, 7) is 4.11. The van der Waals surface area contributed by atoms with Crippen LogP contribution < -0.4 is 15.5 Å². The highest BCUT2D eigenvalue weighted by Crippen LogP contribution is 2.24. The summed E-state index contributed by atoms with van der Waals surface area (Å²) in [5.41, 5.74) is 3.39. The molecular formula is C17H21ClFN5O2. The van der Waals surface area contributed by atoms with E-state index in [-0.39, 0.29) is 24.1 Å². The fourth-order valence-electron chi connectivity index (χ4n) is 3.25. The van der Waals surface area contributed by atoms with Crippen LogP contribution in [0.5, 0.6) is 0 Å². The molecule has 1 saturated heterocycles. The largest absolute Gasteiger partial charge is 0.378 e. The van der Waals surface area contributed by atoms with Crippen molar-refractivity contribution >= 4 is 29.7 Å². The summed E-state index contributed by atoms with van der Waals surface area (Å²) >= 11 is 0. The Morgan fingerprint density at radius 2 is 2.08 bits per heavy atom. The molecule has 0 atom stereocenters. The highest BCUT2D eigenvalue weighted by molar-refractivity contribution is 6.04. The van der Waals surface area contributed by atoms with Crippen LogP contribution in [-0.4, -0.2) is 49.0 Å². The van der Waals surface area contributed by atoms with Crippen LogP contribution in [-0.2, 0) is 17.7 Å². The highest BCUT2D eigenvalue weighted by Gasteiger charge is 2.22. The van der Waals surface area contributed by atoms with Crippen LogP contribution in [0.4, 0.5) is 15.8 Å². The third-order valence-corrected chi connectivity index (χ3v) is 4.54. The molecular weight excluding hydrogens is 361 g/mol. The highest BCUT2D eigenvalue weighted by atomic mass is 35.5. The number of ether oxygens (including phenoxy) is 1. The van der Waals surface area contributed by atoms with Gasteiger partial charge in [-0.25, -0.2) is 4.39 Å². The number of amides is 1. The minimum atomic E-state index is -0.384. The number of nitrogens with one attached hydrogen (secondary N) is 3. The van der Waals surface area contributed by atoms with Crippen LogP contribution >= 0.6 is 12.4 Å². The molecule has 0 aliphatic carbocycles. The lowest BCUT2D eigenvalue weighted by Crippen LogP contribution is -2.36. The molecule has 3 heterocycles. The maximum absolute atomic E-state index is 14.0. The van der Waals surface area contributed by atoms with Gasteiger partial charge < -0.3 is 20.3 Å². The standard InChI is InChI=1S/C17H20FN5O2.ClH/c18-11-7-12(9-13(8-11)23-3-5-25-6-4-23)20-17(24)16-14-10-19-2-1-15(14)21-22-16;/h7-9,19H,1-6,10H2,(H,20,24)(H,21,22);1H. The average Bonchev–Trinajstić information content (AvgIpc) is 3.06. The van der Waals surface area contributed by atoms with Gasteiger partial charge in [-0.05, 0) is 18.2 Å². The Morgan fingerprint density at radius 1 is 1.27 bits per heavy atom. The Balaban J connectivity index is 0.00000196. The summed E-state index contributed by atoms with van der Waals surface area (Å²) in [6, 6.07) is 4.57. The van der Waals surface area contributed by atoms with E-state index in [9.17, 15) is 9.18 Å². The first kappa shape index (κ1) is 18.6. The summed E-state index contributed by atoms with van der Waals surface area (Å²) < 4.78 is 19.3. The van der Waals surface area contributed by atoms with Crippen LogP contribution in [0, 0.1) is 5.82 Å². The van der Waals surface area contributed by atoms with Crippen molar-refractivity contribution in [3.05, 3.63) is 41.0 Å². The normalized spacial score (nSPS) is 16.6. The summed E-state index contributed by atoms with van der Waals surface area (Å²) in [7, 11) is 0. The minimum Gasteiger partial charge on any atom is -0.378 e. The number of morpholine rings is 1. The molecule has 0 spiro atoms. The number of aromatic amines is 1. The molecule has 7 nitrogen and oxygen atoms in total. The van der Waals surface area contributed by atoms with Gasteiger partial charge in [0, 0.05) is 55.2 Å². The van der Waals surface area contributed by atoms with Gasteiger partial charge in [-0.15, -0.1) is 12.4 Å². The zero-order valence-corrected chi connectivity index (χ0v) is 15.0. The number of halogens is 2. The minimum absolute atomic E-state index is 0. The molecule has 1 amide bonds. The number of hydrogen-bond donors (Lipinski definition) is 3. The third kappa shape index (κ3) is 3.82. The molecule has 0 radical (unpaired) electrons. The monoisotopic (exact) mass is 381 g/mol. The van der Waals surface area contributed by atoms with Crippen molar-refractivity contribution in [3.63, 3.8) is 0 Å². The Kier molecular flexibility index (Phi) is 5.75. The van der Waals surface area contributed by atoms with Gasteiger partial charge in [0.15, 0.2) is 5.69 Å². The van der Waals surface area contributed by atoms with Crippen molar-refractivity contribution in [1.82, 2.24) is 15.5 Å². The molecule has 0 unspecified atom stereocenters. The maximum Gasteiger partial charge on any atom is 0.276 e. The second-order valence-corrected chi connectivity index (χ2v) is 6.21. The topological polar surface area (TPSA) is 82.3 Å². The number of nitrogens with zero attached hydrogens (tertiary/aromatic N) is 2. The number of benzene rings is 1. The maximum atomic E-state index is 14.0. The van der Waals surface area contributed by atoms with Crippen molar-refractivity contribution in [3.8, 4) is 0 Å². The van der Waals surface area contributed by atoms with Crippen molar-refractivity contribution in [1.29, 1.82) is 0 Å². The smallest absolute Gasteiger partial charge is 0.276 e. The Morgan fingerprint density at radius 3 is 2.88 bits per heavy atom. The van der Waals surface area contributed by atoms with Crippen LogP contribution in [0.15, 0.2) is 18.2 Å². The van der Waals surface area contributed by atoms with Gasteiger partial charge >= 0.3 is 0 Å². The summed E-state index contributed by atoms with van der Waals surface area (Å²) in [5, 5.41) is 13.0. The molecule has 4 rings (SSSR count). The molecule has 2 aliphatic heterocycles. The lowest BCUT2D eigenvalue weighted by atomic mass is 10.1. The Hall–Kier alpha value is -2.16. The zero-order chi connectivity index (χ0) is 17.2. The first-order valence-corrected chi connectivity index (χ1v) is 8.42. The van der Waals surface area contributed by atoms with E-state index in [1.54, 1.807) is 6.07 Å². The van der Waals surface area contributed by atoms with Gasteiger partial charge in [0.05, 0.1) is 13.2 Å². The van der Waals surface area contributed by atoms with E-state index in [1.165, 1.54) is 12.1 Å².